The fourth-order valence-electron chi connectivity index (χ4n) is 3.47. The topological polar surface area (TPSA) is 38.8 Å². The van der Waals surface area contributed by atoms with Crippen LogP contribution in [0, 0.1) is 0 Å². The molecule has 21 heavy (non-hydrogen) atoms. The minimum atomic E-state index is -0.139. The van der Waals surface area contributed by atoms with Crippen LogP contribution >= 0.6 is 0 Å². The van der Waals surface area contributed by atoms with Crippen molar-refractivity contribution in [3.05, 3.63) is 30.3 Å². The number of carbonyl (C=O) groups excluding carboxylic acids is 1. The Bertz CT molecular complexity index is 462. The van der Waals surface area contributed by atoms with Gasteiger partial charge in [-0.05, 0) is 44.9 Å². The maximum atomic E-state index is 11.9. The summed E-state index contributed by atoms with van der Waals surface area (Å²) >= 11 is 0. The van der Waals surface area contributed by atoms with Crippen LogP contribution in [-0.4, -0.2) is 42.7 Å². The maximum absolute atomic E-state index is 11.9. The number of rotatable bonds is 5. The smallest absolute Gasteiger partial charge is 0.309 e. The van der Waals surface area contributed by atoms with E-state index in [-0.39, 0.29) is 12.1 Å². The normalized spacial score (nSPS) is 28.3. The number of hydrogen-bond acceptors (Lipinski definition) is 4. The molecule has 0 aromatic heterocycles. The molecular formula is C17H23NO3. The van der Waals surface area contributed by atoms with Crippen molar-refractivity contribution in [1.82, 2.24) is 4.90 Å². The highest BCUT2D eigenvalue weighted by Crippen LogP contribution is 2.35. The molecule has 0 radical (unpaired) electrons. The molecule has 2 fully saturated rings. The average molecular weight is 289 g/mol. The Morgan fingerprint density at radius 3 is 2.52 bits per heavy atom. The summed E-state index contributed by atoms with van der Waals surface area (Å²) in [6.07, 6.45) is 4.87. The highest BCUT2D eigenvalue weighted by Gasteiger charge is 2.39. The lowest BCUT2D eigenvalue weighted by Crippen LogP contribution is -2.43. The summed E-state index contributed by atoms with van der Waals surface area (Å²) < 4.78 is 11.1. The molecule has 2 aliphatic heterocycles. The standard InChI is InChI=1S/C17H23NO3/c1-18-13-7-8-14(18)12-16(11-13)21-17(19)9-10-20-15-5-3-2-4-6-15/h2-6,13-14,16H,7-12H2,1H3. The molecule has 0 aliphatic carbocycles. The Labute approximate surface area is 126 Å². The number of para-hydroxylation sites is 1. The van der Waals surface area contributed by atoms with Gasteiger partial charge in [-0.1, -0.05) is 18.2 Å². The van der Waals surface area contributed by atoms with E-state index in [9.17, 15) is 4.79 Å². The van der Waals surface area contributed by atoms with E-state index in [4.69, 9.17) is 9.47 Å². The van der Waals surface area contributed by atoms with E-state index < -0.39 is 0 Å². The molecule has 1 aromatic carbocycles. The van der Waals surface area contributed by atoms with Gasteiger partial charge < -0.3 is 14.4 Å². The van der Waals surface area contributed by atoms with E-state index in [0.717, 1.165) is 18.6 Å². The van der Waals surface area contributed by atoms with Crippen LogP contribution in [0.3, 0.4) is 0 Å². The number of benzene rings is 1. The Balaban J connectivity index is 1.39. The second kappa shape index (κ2) is 6.48. The molecule has 4 nitrogen and oxygen atoms in total. The van der Waals surface area contributed by atoms with Gasteiger partial charge in [0.15, 0.2) is 0 Å². The fraction of sp³-hybridized carbons (Fsp3) is 0.588. The summed E-state index contributed by atoms with van der Waals surface area (Å²) in [4.78, 5) is 14.3. The molecule has 0 N–H and O–H groups in total. The SMILES string of the molecule is CN1C2CCC1CC(OC(=O)CCOc1ccccc1)C2. The Hall–Kier alpha value is -1.55. The van der Waals surface area contributed by atoms with Crippen molar-refractivity contribution in [2.75, 3.05) is 13.7 Å². The zero-order valence-electron chi connectivity index (χ0n) is 12.5. The Kier molecular flexibility index (Phi) is 4.44. The molecule has 2 unspecified atom stereocenters. The average Bonchev–Trinajstić information content (AvgIpc) is 2.71. The molecule has 2 aliphatic rings. The monoisotopic (exact) mass is 289 g/mol. The second-order valence-electron chi connectivity index (χ2n) is 6.05. The van der Waals surface area contributed by atoms with Gasteiger partial charge in [-0.15, -0.1) is 0 Å². The molecule has 1 aromatic rings. The van der Waals surface area contributed by atoms with E-state index in [1.165, 1.54) is 12.8 Å². The molecule has 2 heterocycles. The van der Waals surface area contributed by atoms with Gasteiger partial charge in [-0.25, -0.2) is 0 Å². The third-order valence-electron chi connectivity index (χ3n) is 4.67. The van der Waals surface area contributed by atoms with Crippen LogP contribution in [0.25, 0.3) is 0 Å². The maximum Gasteiger partial charge on any atom is 0.309 e. The van der Waals surface area contributed by atoms with E-state index in [1.807, 2.05) is 30.3 Å². The molecule has 0 spiro atoms. The van der Waals surface area contributed by atoms with E-state index >= 15 is 0 Å². The van der Waals surface area contributed by atoms with Crippen LogP contribution in [0.4, 0.5) is 0 Å². The molecule has 0 saturated carbocycles. The Morgan fingerprint density at radius 2 is 1.86 bits per heavy atom. The first-order chi connectivity index (χ1) is 10.2. The lowest BCUT2D eigenvalue weighted by Gasteiger charge is -2.35. The zero-order chi connectivity index (χ0) is 14.7. The molecule has 0 amide bonds. The van der Waals surface area contributed by atoms with E-state index in [1.54, 1.807) is 0 Å². The summed E-state index contributed by atoms with van der Waals surface area (Å²) in [6, 6.07) is 10.8. The van der Waals surface area contributed by atoms with Crippen LogP contribution in [0.1, 0.15) is 32.1 Å². The third kappa shape index (κ3) is 3.56. The van der Waals surface area contributed by atoms with Crippen LogP contribution in [-0.2, 0) is 9.53 Å². The zero-order valence-corrected chi connectivity index (χ0v) is 12.5. The lowest BCUT2D eigenvalue weighted by molar-refractivity contribution is -0.152. The van der Waals surface area contributed by atoms with Crippen LogP contribution < -0.4 is 4.74 Å². The van der Waals surface area contributed by atoms with E-state index in [0.29, 0.717) is 25.1 Å². The van der Waals surface area contributed by atoms with Crippen molar-refractivity contribution in [3.63, 3.8) is 0 Å². The summed E-state index contributed by atoms with van der Waals surface area (Å²) in [5, 5.41) is 0. The minimum Gasteiger partial charge on any atom is -0.493 e. The van der Waals surface area contributed by atoms with Gasteiger partial charge in [0.25, 0.3) is 0 Å². The molecule has 2 bridgehead atoms. The van der Waals surface area contributed by atoms with Gasteiger partial charge in [-0.2, -0.15) is 0 Å². The van der Waals surface area contributed by atoms with Crippen LogP contribution in [0.5, 0.6) is 5.75 Å². The summed E-state index contributed by atoms with van der Waals surface area (Å²) in [5.74, 6) is 0.655. The van der Waals surface area contributed by atoms with Gasteiger partial charge in [0.2, 0.25) is 0 Å². The highest BCUT2D eigenvalue weighted by atomic mass is 16.5. The number of hydrogen-bond donors (Lipinski definition) is 0. The van der Waals surface area contributed by atoms with Gasteiger partial charge in [0, 0.05) is 12.1 Å². The van der Waals surface area contributed by atoms with Crippen molar-refractivity contribution in [3.8, 4) is 5.75 Å². The van der Waals surface area contributed by atoms with Gasteiger partial charge >= 0.3 is 5.97 Å². The second-order valence-corrected chi connectivity index (χ2v) is 6.05. The van der Waals surface area contributed by atoms with Gasteiger partial charge in [0.05, 0.1) is 13.0 Å². The summed E-state index contributed by atoms with van der Waals surface area (Å²) in [6.45, 7) is 0.377. The number of ether oxygens (including phenoxy) is 2. The number of carbonyl (C=O) groups is 1. The van der Waals surface area contributed by atoms with Crippen molar-refractivity contribution >= 4 is 5.97 Å². The molecule has 2 atom stereocenters. The quantitative estimate of drug-likeness (QED) is 0.781. The number of esters is 1. The highest BCUT2D eigenvalue weighted by molar-refractivity contribution is 5.69. The lowest BCUT2D eigenvalue weighted by atomic mass is 10.0. The van der Waals surface area contributed by atoms with Crippen LogP contribution in [0.15, 0.2) is 30.3 Å². The fourth-order valence-corrected chi connectivity index (χ4v) is 3.47. The van der Waals surface area contributed by atoms with Crippen molar-refractivity contribution in [2.45, 2.75) is 50.3 Å². The first kappa shape index (κ1) is 14.4. The molecule has 2 saturated heterocycles. The summed E-state index contributed by atoms with van der Waals surface area (Å²) in [7, 11) is 2.19. The molecule has 4 heteroatoms. The molecule has 3 rings (SSSR count). The first-order valence-corrected chi connectivity index (χ1v) is 7.81. The molecular weight excluding hydrogens is 266 g/mol. The van der Waals surface area contributed by atoms with Gasteiger partial charge in [-0.3, -0.25) is 4.79 Å². The first-order valence-electron chi connectivity index (χ1n) is 7.81. The van der Waals surface area contributed by atoms with Crippen molar-refractivity contribution in [2.24, 2.45) is 0 Å². The number of fused-ring (bicyclic) bond motifs is 2. The predicted octanol–water partition coefficient (Wildman–Crippen LogP) is 2.62. The minimum absolute atomic E-state index is 0.0999. The van der Waals surface area contributed by atoms with E-state index in [2.05, 4.69) is 11.9 Å². The predicted molar refractivity (Wildman–Crippen MR) is 80.2 cm³/mol. The van der Waals surface area contributed by atoms with Crippen molar-refractivity contribution in [1.29, 1.82) is 0 Å². The summed E-state index contributed by atoms with van der Waals surface area (Å²) in [5.41, 5.74) is 0. The largest absolute Gasteiger partial charge is 0.493 e. The van der Waals surface area contributed by atoms with Crippen LogP contribution in [0.2, 0.25) is 0 Å². The third-order valence-corrected chi connectivity index (χ3v) is 4.67. The Morgan fingerprint density at radius 1 is 1.19 bits per heavy atom. The van der Waals surface area contributed by atoms with Gasteiger partial charge in [0.1, 0.15) is 11.9 Å². The number of nitrogens with zero attached hydrogens (tertiary/aromatic N) is 1. The molecule has 114 valence electrons. The van der Waals surface area contributed by atoms with Crippen molar-refractivity contribution < 1.29 is 14.3 Å². The number of piperidine rings is 1.